The quantitative estimate of drug-likeness (QED) is 0.414. The summed E-state index contributed by atoms with van der Waals surface area (Å²) in [4.78, 5) is 40.8. The molecule has 1 atom stereocenters. The number of aromatic nitrogens is 4. The number of terminal acetylenes is 1. The summed E-state index contributed by atoms with van der Waals surface area (Å²) in [6, 6.07) is 8.54. The Bertz CT molecular complexity index is 1180. The molecule has 9 nitrogen and oxygen atoms in total. The molecule has 2 amide bonds. The van der Waals surface area contributed by atoms with E-state index in [1.165, 1.54) is 29.6 Å². The first-order chi connectivity index (χ1) is 16.0. The molecule has 0 saturated carbocycles. The zero-order valence-electron chi connectivity index (χ0n) is 17.9. The van der Waals surface area contributed by atoms with Gasteiger partial charge in [0.1, 0.15) is 17.5 Å². The van der Waals surface area contributed by atoms with Gasteiger partial charge in [0.25, 0.3) is 5.91 Å². The van der Waals surface area contributed by atoms with E-state index in [0.29, 0.717) is 41.9 Å². The molecule has 1 aromatic carbocycles. The van der Waals surface area contributed by atoms with Gasteiger partial charge in [0, 0.05) is 43.5 Å². The molecule has 0 radical (unpaired) electrons. The molecular formula is C24H22N6O3. The molecule has 0 bridgehead atoms. The number of amides is 2. The highest BCUT2D eigenvalue weighted by molar-refractivity contribution is 5.92. The Morgan fingerprint density at radius 3 is 2.70 bits per heavy atom. The van der Waals surface area contributed by atoms with E-state index in [2.05, 4.69) is 44.6 Å². The summed E-state index contributed by atoms with van der Waals surface area (Å²) in [5, 5.41) is 10.00. The van der Waals surface area contributed by atoms with E-state index in [0.717, 1.165) is 0 Å². The molecular weight excluding hydrogens is 420 g/mol. The topological polar surface area (TPSA) is 135 Å². The number of benzene rings is 1. The molecule has 166 valence electrons. The van der Waals surface area contributed by atoms with Crippen molar-refractivity contribution in [3.8, 4) is 47.5 Å². The van der Waals surface area contributed by atoms with Crippen LogP contribution in [0.15, 0.2) is 48.9 Å². The van der Waals surface area contributed by atoms with Crippen molar-refractivity contribution in [2.24, 2.45) is 5.73 Å². The fourth-order valence-corrected chi connectivity index (χ4v) is 2.62. The number of aliphatic hydroxyl groups excluding tert-OH is 1. The van der Waals surface area contributed by atoms with Gasteiger partial charge in [0.2, 0.25) is 6.41 Å². The molecule has 3 N–H and O–H groups in total. The summed E-state index contributed by atoms with van der Waals surface area (Å²) in [5.41, 5.74) is 7.64. The van der Waals surface area contributed by atoms with Crippen LogP contribution in [0.5, 0.6) is 0 Å². The second-order valence-electron chi connectivity index (χ2n) is 6.66. The van der Waals surface area contributed by atoms with Crippen LogP contribution in [0, 0.1) is 24.7 Å². The molecule has 2 aromatic heterocycles. The van der Waals surface area contributed by atoms with Crippen LogP contribution < -0.4 is 5.73 Å². The lowest BCUT2D eigenvalue weighted by Crippen LogP contribution is -2.21. The molecule has 2 heterocycles. The number of hydrogen-bond donors (Lipinski definition) is 2. The van der Waals surface area contributed by atoms with E-state index in [1.54, 1.807) is 31.3 Å². The smallest absolute Gasteiger partial charge is 0.267 e. The van der Waals surface area contributed by atoms with Crippen molar-refractivity contribution in [2.75, 3.05) is 13.6 Å². The maximum Gasteiger partial charge on any atom is 0.267 e. The van der Waals surface area contributed by atoms with Gasteiger partial charge in [0.05, 0.1) is 11.9 Å². The first-order valence-electron chi connectivity index (χ1n) is 9.70. The van der Waals surface area contributed by atoms with Crippen LogP contribution in [0.25, 0.3) is 22.8 Å². The molecule has 0 unspecified atom stereocenters. The first-order valence-corrected chi connectivity index (χ1v) is 9.70. The summed E-state index contributed by atoms with van der Waals surface area (Å²) in [6.45, 7) is 0.401. The minimum Gasteiger partial charge on any atom is -0.380 e. The summed E-state index contributed by atoms with van der Waals surface area (Å²) in [5.74, 6) is 5.26. The van der Waals surface area contributed by atoms with Crippen LogP contribution in [0.3, 0.4) is 0 Å². The van der Waals surface area contributed by atoms with Crippen LogP contribution in [-0.2, 0) is 4.79 Å². The highest BCUT2D eigenvalue weighted by atomic mass is 16.3. The molecule has 0 aliphatic carbocycles. The Morgan fingerprint density at radius 1 is 1.24 bits per heavy atom. The average molecular weight is 442 g/mol. The summed E-state index contributed by atoms with van der Waals surface area (Å²) in [7, 11) is 1.63. The maximum absolute atomic E-state index is 11.8. The van der Waals surface area contributed by atoms with Crippen LogP contribution >= 0.6 is 0 Å². The predicted octanol–water partition coefficient (Wildman–Crippen LogP) is 1.14. The van der Waals surface area contributed by atoms with E-state index in [-0.39, 0.29) is 11.5 Å². The van der Waals surface area contributed by atoms with Gasteiger partial charge in [-0.05, 0) is 18.2 Å². The molecule has 0 aliphatic heterocycles. The predicted molar refractivity (Wildman–Crippen MR) is 123 cm³/mol. The van der Waals surface area contributed by atoms with Crippen molar-refractivity contribution >= 4 is 12.3 Å². The van der Waals surface area contributed by atoms with Gasteiger partial charge in [-0.2, -0.15) is 0 Å². The van der Waals surface area contributed by atoms with Gasteiger partial charge in [-0.1, -0.05) is 24.0 Å². The van der Waals surface area contributed by atoms with E-state index in [4.69, 9.17) is 5.73 Å². The van der Waals surface area contributed by atoms with Gasteiger partial charge in [-0.15, -0.1) is 12.8 Å². The third kappa shape index (κ3) is 7.24. The van der Waals surface area contributed by atoms with E-state index in [1.807, 2.05) is 0 Å². The lowest BCUT2D eigenvalue weighted by molar-refractivity contribution is -0.117. The minimum absolute atomic E-state index is 0.0526. The molecule has 9 heteroatoms. The normalized spacial score (nSPS) is 10.5. The average Bonchev–Trinajstić information content (AvgIpc) is 2.87. The minimum atomic E-state index is -0.872. The molecule has 0 spiro atoms. The lowest BCUT2D eigenvalue weighted by atomic mass is 10.1. The Hall–Kier alpha value is -4.60. The fourth-order valence-electron chi connectivity index (χ4n) is 2.62. The van der Waals surface area contributed by atoms with Crippen molar-refractivity contribution in [1.82, 2.24) is 24.8 Å². The number of carbonyl (C=O) groups is 2. The third-order valence-electron chi connectivity index (χ3n) is 4.24. The molecule has 0 fully saturated rings. The Labute approximate surface area is 191 Å². The number of rotatable bonds is 7. The Balaban J connectivity index is 0.00000187. The highest BCUT2D eigenvalue weighted by Gasteiger charge is 2.13. The van der Waals surface area contributed by atoms with Gasteiger partial charge in [0.15, 0.2) is 5.82 Å². The van der Waals surface area contributed by atoms with Gasteiger partial charge in [-0.25, -0.2) is 9.97 Å². The molecule has 0 saturated heterocycles. The number of primary amides is 1. The number of hydrogen-bond acceptors (Lipinski definition) is 7. The fraction of sp³-hybridized carbons (Fsp3) is 0.167. The van der Waals surface area contributed by atoms with E-state index >= 15 is 0 Å². The first kappa shape index (κ1) is 24.7. The second kappa shape index (κ2) is 12.3. The SMILES string of the molecule is C#C.CN(C=O)CC[C@@H](O)C#Cc1cccc(-c2nc(C(N)=O)cc(-c3cnccn3)n2)c1. The monoisotopic (exact) mass is 442 g/mol. The zero-order chi connectivity index (χ0) is 24.2. The number of nitrogens with two attached hydrogens (primary N) is 1. The third-order valence-corrected chi connectivity index (χ3v) is 4.24. The highest BCUT2D eigenvalue weighted by Crippen LogP contribution is 2.21. The van der Waals surface area contributed by atoms with E-state index < -0.39 is 12.0 Å². The van der Waals surface area contributed by atoms with Crippen LogP contribution in [-0.4, -0.2) is 62.0 Å². The number of aliphatic hydroxyl groups is 1. The standard InChI is InChI=1S/C22H20N6O3.C2H2/c1-28(14-29)10-7-17(30)6-5-15-3-2-4-16(11-15)22-26-18(12-19(27-22)21(23)31)20-13-24-8-9-25-20;1-2/h2-4,8-9,11-14,17,30H,7,10H2,1H3,(H2,23,31);1-2H/t17-;/m0./s1. The molecule has 3 rings (SSSR count). The zero-order valence-corrected chi connectivity index (χ0v) is 17.9. The van der Waals surface area contributed by atoms with Gasteiger partial charge in [-0.3, -0.25) is 19.6 Å². The lowest BCUT2D eigenvalue weighted by Gasteiger charge is -2.10. The van der Waals surface area contributed by atoms with Crippen LogP contribution in [0.2, 0.25) is 0 Å². The van der Waals surface area contributed by atoms with E-state index in [9.17, 15) is 14.7 Å². The van der Waals surface area contributed by atoms with Crippen molar-refractivity contribution < 1.29 is 14.7 Å². The van der Waals surface area contributed by atoms with Crippen LogP contribution in [0.1, 0.15) is 22.5 Å². The summed E-state index contributed by atoms with van der Waals surface area (Å²) < 4.78 is 0. The van der Waals surface area contributed by atoms with Crippen molar-refractivity contribution in [2.45, 2.75) is 12.5 Å². The summed E-state index contributed by atoms with van der Waals surface area (Å²) in [6.07, 6.45) is 12.8. The van der Waals surface area contributed by atoms with Crippen LogP contribution in [0.4, 0.5) is 0 Å². The molecule has 0 aliphatic rings. The van der Waals surface area contributed by atoms with Crippen molar-refractivity contribution in [3.63, 3.8) is 0 Å². The van der Waals surface area contributed by atoms with Crippen molar-refractivity contribution in [1.29, 1.82) is 0 Å². The van der Waals surface area contributed by atoms with Gasteiger partial charge < -0.3 is 15.7 Å². The molecule has 3 aromatic rings. The van der Waals surface area contributed by atoms with Gasteiger partial charge >= 0.3 is 0 Å². The number of carbonyl (C=O) groups excluding carboxylic acids is 2. The molecule has 33 heavy (non-hydrogen) atoms. The maximum atomic E-state index is 11.8. The Kier molecular flexibility index (Phi) is 9.20. The second-order valence-corrected chi connectivity index (χ2v) is 6.66. The van der Waals surface area contributed by atoms with Crippen molar-refractivity contribution in [3.05, 3.63) is 60.2 Å². The largest absolute Gasteiger partial charge is 0.380 e. The Morgan fingerprint density at radius 2 is 2.03 bits per heavy atom. The number of nitrogens with zero attached hydrogens (tertiary/aromatic N) is 5. The summed E-state index contributed by atoms with van der Waals surface area (Å²) >= 11 is 0.